The van der Waals surface area contributed by atoms with Crippen molar-refractivity contribution in [3.8, 4) is 5.75 Å². The Balaban J connectivity index is 2.26. The molecule has 0 aromatic heterocycles. The van der Waals surface area contributed by atoms with Gasteiger partial charge in [0.2, 0.25) is 0 Å². The molecule has 21 heavy (non-hydrogen) atoms. The third kappa shape index (κ3) is 3.76. The molecule has 1 aromatic carbocycles. The Kier molecular flexibility index (Phi) is 6.03. The van der Waals surface area contributed by atoms with Crippen LogP contribution >= 0.6 is 0 Å². The maximum Gasteiger partial charge on any atom is 0.119 e. The molecule has 1 aliphatic carbocycles. The molecule has 4 heteroatoms. The minimum atomic E-state index is 0.323. The molecule has 0 saturated heterocycles. The SMILES string of the molecule is COCCN(C(C)COC)C1CCCc2c(O)cccc21. The van der Waals surface area contributed by atoms with Crippen LogP contribution in [0.5, 0.6) is 5.75 Å². The van der Waals surface area contributed by atoms with E-state index in [-0.39, 0.29) is 0 Å². The topological polar surface area (TPSA) is 41.9 Å². The highest BCUT2D eigenvalue weighted by Crippen LogP contribution is 2.38. The molecule has 0 aliphatic heterocycles. The molecule has 1 aromatic rings. The van der Waals surface area contributed by atoms with Gasteiger partial charge in [0.25, 0.3) is 0 Å². The second-order valence-electron chi connectivity index (χ2n) is 5.79. The Morgan fingerprint density at radius 3 is 2.86 bits per heavy atom. The molecular weight excluding hydrogens is 266 g/mol. The Morgan fingerprint density at radius 1 is 1.33 bits per heavy atom. The number of phenolic OH excluding ortho intramolecular Hbond substituents is 1. The van der Waals surface area contributed by atoms with Crippen molar-refractivity contribution >= 4 is 0 Å². The lowest BCUT2D eigenvalue weighted by molar-refractivity contribution is 0.0409. The lowest BCUT2D eigenvalue weighted by Gasteiger charge is -2.39. The summed E-state index contributed by atoms with van der Waals surface area (Å²) in [5.41, 5.74) is 2.38. The van der Waals surface area contributed by atoms with Crippen LogP contribution in [0.4, 0.5) is 0 Å². The van der Waals surface area contributed by atoms with Gasteiger partial charge in [0, 0.05) is 32.8 Å². The van der Waals surface area contributed by atoms with Crippen LogP contribution in [-0.2, 0) is 15.9 Å². The standard InChI is InChI=1S/C17H27NO3/c1-13(12-21-3)18(10-11-20-2)16-8-4-7-15-14(16)6-5-9-17(15)19/h5-6,9,13,16,19H,4,7-8,10-12H2,1-3H3. The summed E-state index contributed by atoms with van der Waals surface area (Å²) in [6.07, 6.45) is 3.20. The second-order valence-corrected chi connectivity index (χ2v) is 5.79. The van der Waals surface area contributed by atoms with Crippen LogP contribution in [0.15, 0.2) is 18.2 Å². The predicted octanol–water partition coefficient (Wildman–Crippen LogP) is 2.75. The molecule has 0 radical (unpaired) electrons. The van der Waals surface area contributed by atoms with E-state index in [1.54, 1.807) is 20.3 Å². The van der Waals surface area contributed by atoms with Gasteiger partial charge in [-0.1, -0.05) is 12.1 Å². The van der Waals surface area contributed by atoms with Crippen LogP contribution < -0.4 is 0 Å². The van der Waals surface area contributed by atoms with E-state index in [4.69, 9.17) is 9.47 Å². The molecule has 1 aliphatic rings. The molecule has 1 N–H and O–H groups in total. The number of hydrogen-bond acceptors (Lipinski definition) is 4. The van der Waals surface area contributed by atoms with E-state index in [2.05, 4.69) is 17.9 Å². The average molecular weight is 293 g/mol. The molecule has 0 amide bonds. The number of aromatic hydroxyl groups is 1. The third-order valence-electron chi connectivity index (χ3n) is 4.38. The van der Waals surface area contributed by atoms with E-state index < -0.39 is 0 Å². The van der Waals surface area contributed by atoms with E-state index in [1.165, 1.54) is 5.56 Å². The maximum atomic E-state index is 10.1. The largest absolute Gasteiger partial charge is 0.508 e. The van der Waals surface area contributed by atoms with Gasteiger partial charge in [0.15, 0.2) is 0 Å². The molecule has 0 fully saturated rings. The summed E-state index contributed by atoms with van der Waals surface area (Å²) >= 11 is 0. The summed E-state index contributed by atoms with van der Waals surface area (Å²) in [4.78, 5) is 2.45. The summed E-state index contributed by atoms with van der Waals surface area (Å²) in [5, 5.41) is 10.1. The van der Waals surface area contributed by atoms with Crippen LogP contribution in [0.3, 0.4) is 0 Å². The summed E-state index contributed by atoms with van der Waals surface area (Å²) in [6, 6.07) is 6.55. The summed E-state index contributed by atoms with van der Waals surface area (Å²) in [7, 11) is 3.48. The fourth-order valence-electron chi connectivity index (χ4n) is 3.37. The number of fused-ring (bicyclic) bond motifs is 1. The van der Waals surface area contributed by atoms with Crippen LogP contribution in [0.25, 0.3) is 0 Å². The van der Waals surface area contributed by atoms with Crippen molar-refractivity contribution in [2.45, 2.75) is 38.3 Å². The monoisotopic (exact) mass is 293 g/mol. The van der Waals surface area contributed by atoms with E-state index in [0.717, 1.165) is 31.4 Å². The second kappa shape index (κ2) is 7.78. The van der Waals surface area contributed by atoms with Gasteiger partial charge >= 0.3 is 0 Å². The number of phenols is 1. The van der Waals surface area contributed by atoms with Crippen molar-refractivity contribution in [3.63, 3.8) is 0 Å². The lowest BCUT2D eigenvalue weighted by atomic mass is 9.85. The molecule has 0 heterocycles. The fourth-order valence-corrected chi connectivity index (χ4v) is 3.37. The van der Waals surface area contributed by atoms with Crippen molar-refractivity contribution in [2.24, 2.45) is 0 Å². The predicted molar refractivity (Wildman–Crippen MR) is 83.7 cm³/mol. The molecule has 0 spiro atoms. The number of methoxy groups -OCH3 is 2. The minimum Gasteiger partial charge on any atom is -0.508 e. The highest BCUT2D eigenvalue weighted by atomic mass is 16.5. The van der Waals surface area contributed by atoms with Gasteiger partial charge in [0.1, 0.15) is 5.75 Å². The van der Waals surface area contributed by atoms with Crippen molar-refractivity contribution in [1.82, 2.24) is 4.90 Å². The van der Waals surface area contributed by atoms with Crippen molar-refractivity contribution in [2.75, 3.05) is 34.0 Å². The first-order valence-electron chi connectivity index (χ1n) is 7.73. The molecular formula is C17H27NO3. The first-order valence-corrected chi connectivity index (χ1v) is 7.73. The van der Waals surface area contributed by atoms with E-state index >= 15 is 0 Å². The Morgan fingerprint density at radius 2 is 2.14 bits per heavy atom. The van der Waals surface area contributed by atoms with Gasteiger partial charge in [-0.05, 0) is 43.4 Å². The first kappa shape index (κ1) is 16.3. The Labute approximate surface area is 127 Å². The number of rotatable bonds is 7. The van der Waals surface area contributed by atoms with E-state index in [0.29, 0.717) is 31.0 Å². The number of hydrogen-bond donors (Lipinski definition) is 1. The van der Waals surface area contributed by atoms with Crippen LogP contribution in [0, 0.1) is 0 Å². The zero-order valence-electron chi connectivity index (χ0n) is 13.3. The molecule has 118 valence electrons. The zero-order chi connectivity index (χ0) is 15.2. The summed E-state index contributed by atoms with van der Waals surface area (Å²) in [5.74, 6) is 0.434. The third-order valence-corrected chi connectivity index (χ3v) is 4.38. The smallest absolute Gasteiger partial charge is 0.119 e. The summed E-state index contributed by atoms with van der Waals surface area (Å²) in [6.45, 7) is 4.48. The van der Waals surface area contributed by atoms with E-state index in [9.17, 15) is 5.11 Å². The van der Waals surface area contributed by atoms with Gasteiger partial charge in [-0.15, -0.1) is 0 Å². The van der Waals surface area contributed by atoms with Gasteiger partial charge in [-0.3, -0.25) is 4.90 Å². The first-order chi connectivity index (χ1) is 10.2. The molecule has 4 nitrogen and oxygen atoms in total. The van der Waals surface area contributed by atoms with Crippen molar-refractivity contribution in [1.29, 1.82) is 0 Å². The lowest BCUT2D eigenvalue weighted by Crippen LogP contribution is -2.42. The van der Waals surface area contributed by atoms with Crippen molar-refractivity contribution in [3.05, 3.63) is 29.3 Å². The highest BCUT2D eigenvalue weighted by Gasteiger charge is 2.29. The number of benzene rings is 1. The van der Waals surface area contributed by atoms with Crippen LogP contribution in [0.2, 0.25) is 0 Å². The van der Waals surface area contributed by atoms with Crippen LogP contribution in [-0.4, -0.2) is 50.0 Å². The average Bonchev–Trinajstić information content (AvgIpc) is 2.49. The molecule has 0 bridgehead atoms. The van der Waals surface area contributed by atoms with Gasteiger partial charge in [-0.2, -0.15) is 0 Å². The molecule has 2 rings (SSSR count). The number of nitrogens with zero attached hydrogens (tertiary/aromatic N) is 1. The maximum absolute atomic E-state index is 10.1. The van der Waals surface area contributed by atoms with Gasteiger partial charge < -0.3 is 14.6 Å². The Bertz CT molecular complexity index is 450. The fraction of sp³-hybridized carbons (Fsp3) is 0.647. The molecule has 0 saturated carbocycles. The zero-order valence-corrected chi connectivity index (χ0v) is 13.3. The van der Waals surface area contributed by atoms with E-state index in [1.807, 2.05) is 6.07 Å². The molecule has 2 unspecified atom stereocenters. The molecule has 2 atom stereocenters. The summed E-state index contributed by atoms with van der Waals surface area (Å²) < 4.78 is 10.6. The highest BCUT2D eigenvalue weighted by molar-refractivity contribution is 5.42. The Hall–Kier alpha value is -1.10. The number of ether oxygens (including phenoxy) is 2. The van der Waals surface area contributed by atoms with Gasteiger partial charge in [0.05, 0.1) is 13.2 Å². The van der Waals surface area contributed by atoms with Crippen LogP contribution in [0.1, 0.15) is 36.9 Å². The normalized spacial score (nSPS) is 19.5. The quantitative estimate of drug-likeness (QED) is 0.839. The minimum absolute atomic E-state index is 0.323. The van der Waals surface area contributed by atoms with Crippen molar-refractivity contribution < 1.29 is 14.6 Å². The van der Waals surface area contributed by atoms with Gasteiger partial charge in [-0.25, -0.2) is 0 Å².